The van der Waals surface area contributed by atoms with E-state index >= 15 is 0 Å². The molecule has 0 bridgehead atoms. The molecule has 23 heavy (non-hydrogen) atoms. The minimum atomic E-state index is -1.53. The number of ether oxygens (including phenoxy) is 1. The summed E-state index contributed by atoms with van der Waals surface area (Å²) in [6, 6.07) is 6.63. The summed E-state index contributed by atoms with van der Waals surface area (Å²) in [6.45, 7) is 0. The number of hydrogen-bond donors (Lipinski definition) is 0. The van der Waals surface area contributed by atoms with E-state index in [1.807, 2.05) is 0 Å². The predicted molar refractivity (Wildman–Crippen MR) is 88.3 cm³/mol. The first-order chi connectivity index (χ1) is 11.1. The number of hydrogen-bond acceptors (Lipinski definition) is 6. The molecule has 0 unspecified atom stereocenters. The van der Waals surface area contributed by atoms with Crippen LogP contribution in [0.2, 0.25) is 5.02 Å². The highest BCUT2D eigenvalue weighted by molar-refractivity contribution is 7.87. The van der Waals surface area contributed by atoms with Gasteiger partial charge in [0, 0.05) is 9.92 Å². The van der Waals surface area contributed by atoms with E-state index in [0.717, 1.165) is 37.2 Å². The third kappa shape index (κ3) is 3.97. The van der Waals surface area contributed by atoms with Crippen molar-refractivity contribution in [2.45, 2.75) is 47.3 Å². The Morgan fingerprint density at radius 1 is 1.22 bits per heavy atom. The highest BCUT2D eigenvalue weighted by Crippen LogP contribution is 2.26. The minimum absolute atomic E-state index is 0.0499. The fourth-order valence-electron chi connectivity index (χ4n) is 2.48. The molecule has 1 aromatic carbocycles. The maximum Gasteiger partial charge on any atom is 0.361 e. The summed E-state index contributed by atoms with van der Waals surface area (Å²) in [5.41, 5.74) is 0.0499. The highest BCUT2D eigenvalue weighted by atomic mass is 35.5. The van der Waals surface area contributed by atoms with Crippen LogP contribution in [0, 0.1) is 0 Å². The molecule has 1 aromatic heterocycles. The van der Waals surface area contributed by atoms with Crippen molar-refractivity contribution in [2.24, 2.45) is 0 Å². The maximum atomic E-state index is 12.6. The van der Waals surface area contributed by atoms with Gasteiger partial charge in [0.2, 0.25) is 0 Å². The van der Waals surface area contributed by atoms with Crippen LogP contribution in [0.4, 0.5) is 0 Å². The van der Waals surface area contributed by atoms with E-state index in [2.05, 4.69) is 9.59 Å². The van der Waals surface area contributed by atoms with Gasteiger partial charge < -0.3 is 4.74 Å². The Morgan fingerprint density at radius 3 is 2.61 bits per heavy atom. The molecule has 1 saturated carbocycles. The van der Waals surface area contributed by atoms with Crippen molar-refractivity contribution >= 4 is 39.9 Å². The zero-order chi connectivity index (χ0) is 16.2. The Morgan fingerprint density at radius 2 is 1.91 bits per heavy atom. The monoisotopic (exact) mass is 370 g/mol. The lowest BCUT2D eigenvalue weighted by Crippen LogP contribution is -2.21. The van der Waals surface area contributed by atoms with Crippen molar-refractivity contribution < 1.29 is 13.7 Å². The number of nitrogens with zero attached hydrogens (tertiary/aromatic N) is 2. The number of halogens is 1. The van der Waals surface area contributed by atoms with Crippen LogP contribution in [0.5, 0.6) is 0 Å². The lowest BCUT2D eigenvalue weighted by molar-refractivity contribution is 0.0200. The number of benzene rings is 1. The van der Waals surface area contributed by atoms with E-state index in [-0.39, 0.29) is 11.8 Å². The molecule has 1 heterocycles. The van der Waals surface area contributed by atoms with Crippen LogP contribution in [0.3, 0.4) is 0 Å². The third-order valence-corrected chi connectivity index (χ3v) is 6.36. The van der Waals surface area contributed by atoms with E-state index in [1.54, 1.807) is 24.3 Å². The molecule has 5 nitrogen and oxygen atoms in total. The molecule has 0 spiro atoms. The molecule has 0 saturated heterocycles. The van der Waals surface area contributed by atoms with Crippen LogP contribution in [0.25, 0.3) is 0 Å². The Balaban J connectivity index is 1.77. The largest absolute Gasteiger partial charge is 0.458 e. The Hall–Kier alpha value is -1.31. The first kappa shape index (κ1) is 16.5. The van der Waals surface area contributed by atoms with Crippen LogP contribution in [0.1, 0.15) is 42.6 Å². The number of carbonyl (C=O) groups excluding carboxylic acids is 1. The van der Waals surface area contributed by atoms with E-state index in [4.69, 9.17) is 16.3 Å². The van der Waals surface area contributed by atoms with Crippen LogP contribution in [0.15, 0.2) is 33.4 Å². The summed E-state index contributed by atoms with van der Waals surface area (Å²) < 4.78 is 22.2. The van der Waals surface area contributed by atoms with Gasteiger partial charge in [-0.25, -0.2) is 9.00 Å². The van der Waals surface area contributed by atoms with Gasteiger partial charge in [-0.2, -0.15) is 0 Å². The molecule has 1 aliphatic carbocycles. The fourth-order valence-corrected chi connectivity index (χ4v) is 4.57. The van der Waals surface area contributed by atoms with Crippen LogP contribution in [-0.4, -0.2) is 25.9 Å². The topological polar surface area (TPSA) is 69.2 Å². The van der Waals surface area contributed by atoms with Gasteiger partial charge in [0.25, 0.3) is 0 Å². The Labute approximate surface area is 145 Å². The Bertz CT molecular complexity index is 712. The molecular formula is C15H15ClN2O3S2. The smallest absolute Gasteiger partial charge is 0.361 e. The molecule has 1 aliphatic rings. The quantitative estimate of drug-likeness (QED) is 0.764. The van der Waals surface area contributed by atoms with E-state index in [1.165, 1.54) is 6.42 Å². The second-order valence-electron chi connectivity index (χ2n) is 5.30. The minimum Gasteiger partial charge on any atom is -0.458 e. The van der Waals surface area contributed by atoms with Crippen LogP contribution in [-0.2, 0) is 15.5 Å². The molecule has 8 heteroatoms. The van der Waals surface area contributed by atoms with Crippen molar-refractivity contribution in [2.75, 3.05) is 0 Å². The standard InChI is InChI=1S/C15H15ClN2O3S2/c16-10-6-8-12(9-7-10)23(20)15-13(17-18-22-15)14(19)21-11-4-2-1-3-5-11/h6-9,11H,1-5H2/t23-/m0/s1. The average Bonchev–Trinajstić information content (AvgIpc) is 3.05. The van der Waals surface area contributed by atoms with Gasteiger partial charge in [-0.3, -0.25) is 0 Å². The number of aromatic nitrogens is 2. The zero-order valence-corrected chi connectivity index (χ0v) is 14.6. The maximum absolute atomic E-state index is 12.6. The summed E-state index contributed by atoms with van der Waals surface area (Å²) in [5.74, 6) is -0.539. The summed E-state index contributed by atoms with van der Waals surface area (Å²) in [6.07, 6.45) is 4.98. The Kier molecular flexibility index (Phi) is 5.40. The normalized spacial score (nSPS) is 16.9. The summed E-state index contributed by atoms with van der Waals surface area (Å²) in [4.78, 5) is 12.9. The molecule has 1 atom stereocenters. The fraction of sp³-hybridized carbons (Fsp3) is 0.400. The van der Waals surface area contributed by atoms with Crippen molar-refractivity contribution in [3.8, 4) is 0 Å². The molecule has 0 amide bonds. The summed E-state index contributed by atoms with van der Waals surface area (Å²) >= 11 is 6.79. The van der Waals surface area contributed by atoms with Gasteiger partial charge in [-0.15, -0.1) is 5.10 Å². The second kappa shape index (κ2) is 7.51. The van der Waals surface area contributed by atoms with Crippen molar-refractivity contribution in [3.63, 3.8) is 0 Å². The summed E-state index contributed by atoms with van der Waals surface area (Å²) in [5, 5.41) is 4.38. The molecule has 0 N–H and O–H groups in total. The summed E-state index contributed by atoms with van der Waals surface area (Å²) in [7, 11) is -1.53. The van der Waals surface area contributed by atoms with Gasteiger partial charge in [-0.1, -0.05) is 22.5 Å². The molecule has 0 aliphatic heterocycles. The van der Waals surface area contributed by atoms with Crippen LogP contribution >= 0.6 is 23.1 Å². The molecular weight excluding hydrogens is 356 g/mol. The average molecular weight is 371 g/mol. The van der Waals surface area contributed by atoms with E-state index in [0.29, 0.717) is 14.1 Å². The SMILES string of the molecule is O=C(OC1CCCCC1)c1nnsc1[S@@](=O)c1ccc(Cl)cc1. The zero-order valence-electron chi connectivity index (χ0n) is 12.2. The van der Waals surface area contributed by atoms with Crippen molar-refractivity contribution in [1.82, 2.24) is 9.59 Å². The lowest BCUT2D eigenvalue weighted by Gasteiger charge is -2.21. The first-order valence-corrected chi connectivity index (χ1v) is 9.66. The molecule has 3 rings (SSSR count). The van der Waals surface area contributed by atoms with E-state index in [9.17, 15) is 9.00 Å². The van der Waals surface area contributed by atoms with Crippen molar-refractivity contribution in [1.29, 1.82) is 0 Å². The molecule has 0 radical (unpaired) electrons. The predicted octanol–water partition coefficient (Wildman–Crippen LogP) is 3.85. The number of rotatable bonds is 4. The lowest BCUT2D eigenvalue weighted by atomic mass is 9.98. The molecule has 2 aromatic rings. The van der Waals surface area contributed by atoms with E-state index < -0.39 is 16.8 Å². The van der Waals surface area contributed by atoms with Gasteiger partial charge in [0.15, 0.2) is 9.90 Å². The van der Waals surface area contributed by atoms with Gasteiger partial charge in [0.05, 0.1) is 10.8 Å². The van der Waals surface area contributed by atoms with Gasteiger partial charge in [-0.05, 0) is 61.5 Å². The van der Waals surface area contributed by atoms with Crippen LogP contribution < -0.4 is 0 Å². The highest BCUT2D eigenvalue weighted by Gasteiger charge is 2.26. The van der Waals surface area contributed by atoms with Gasteiger partial charge in [0.1, 0.15) is 6.10 Å². The van der Waals surface area contributed by atoms with Crippen molar-refractivity contribution in [3.05, 3.63) is 35.0 Å². The second-order valence-corrected chi connectivity index (χ2v) is 8.16. The third-order valence-electron chi connectivity index (χ3n) is 3.67. The number of carbonyl (C=O) groups is 1. The molecule has 1 fully saturated rings. The van der Waals surface area contributed by atoms with Gasteiger partial charge >= 0.3 is 5.97 Å². The molecule has 122 valence electrons. The number of esters is 1. The first-order valence-electron chi connectivity index (χ1n) is 7.36.